The number of hydrogen-bond acceptors (Lipinski definition) is 4. The summed E-state index contributed by atoms with van der Waals surface area (Å²) >= 11 is 0. The number of benzene rings is 1. The van der Waals surface area contributed by atoms with E-state index < -0.39 is 24.5 Å². The number of amides is 3. The Balaban J connectivity index is 2.87. The summed E-state index contributed by atoms with van der Waals surface area (Å²) in [5.41, 5.74) is 4.83. The zero-order chi connectivity index (χ0) is 12.8. The predicted octanol–water partition coefficient (Wildman–Crippen LogP) is -0.0415. The van der Waals surface area contributed by atoms with Crippen LogP contribution in [-0.4, -0.2) is 29.6 Å². The fourth-order valence-corrected chi connectivity index (χ4v) is 1.10. The number of carboxylic acids is 1. The third-order valence-corrected chi connectivity index (χ3v) is 1.72. The molecule has 7 heteroatoms. The van der Waals surface area contributed by atoms with Gasteiger partial charge in [-0.05, 0) is 12.1 Å². The van der Waals surface area contributed by atoms with E-state index in [1.54, 1.807) is 12.1 Å². The molecule has 0 spiro atoms. The molecule has 0 atom stereocenters. The maximum atomic E-state index is 11.5. The summed E-state index contributed by atoms with van der Waals surface area (Å²) < 4.78 is 4.89. The van der Waals surface area contributed by atoms with Gasteiger partial charge < -0.3 is 15.6 Å². The van der Waals surface area contributed by atoms with Crippen molar-refractivity contribution < 1.29 is 24.2 Å². The molecule has 4 N–H and O–H groups in total. The number of hydrogen-bond donors (Lipinski definition) is 3. The quantitative estimate of drug-likeness (QED) is 0.679. The Kier molecular flexibility index (Phi) is 4.04. The first-order valence-corrected chi connectivity index (χ1v) is 4.55. The van der Waals surface area contributed by atoms with Crippen LogP contribution in [0.15, 0.2) is 24.3 Å². The number of nitrogens with one attached hydrogen (secondary N) is 1. The van der Waals surface area contributed by atoms with Crippen molar-refractivity contribution in [3.05, 3.63) is 29.8 Å². The van der Waals surface area contributed by atoms with E-state index in [0.717, 1.165) is 0 Å². The summed E-state index contributed by atoms with van der Waals surface area (Å²) in [5, 5.41) is 10.3. The van der Waals surface area contributed by atoms with Gasteiger partial charge in [-0.3, -0.25) is 10.1 Å². The number of aliphatic carboxylic acids is 1. The number of rotatable bonds is 4. The standard InChI is InChI=1S/C10H10N2O5/c11-10(16)12-9(15)6-3-1-2-4-7(6)17-5-8(13)14/h1-4H,5H2,(H,13,14)(H3,11,12,15,16). The first-order chi connectivity index (χ1) is 8.00. The van der Waals surface area contributed by atoms with Crippen molar-refractivity contribution in [3.63, 3.8) is 0 Å². The van der Waals surface area contributed by atoms with Gasteiger partial charge in [-0.2, -0.15) is 0 Å². The maximum absolute atomic E-state index is 11.5. The van der Waals surface area contributed by atoms with Gasteiger partial charge in [-0.15, -0.1) is 0 Å². The molecule has 0 bridgehead atoms. The maximum Gasteiger partial charge on any atom is 0.341 e. The van der Waals surface area contributed by atoms with Crippen molar-refractivity contribution in [2.45, 2.75) is 0 Å². The molecule has 3 amide bonds. The highest BCUT2D eigenvalue weighted by Crippen LogP contribution is 2.17. The number of carboxylic acid groups (broad SMARTS) is 1. The Morgan fingerprint density at radius 1 is 1.29 bits per heavy atom. The molecular weight excluding hydrogens is 228 g/mol. The smallest absolute Gasteiger partial charge is 0.341 e. The second-order valence-electron chi connectivity index (χ2n) is 3.00. The molecule has 0 unspecified atom stereocenters. The molecule has 7 nitrogen and oxygen atoms in total. The Morgan fingerprint density at radius 3 is 2.53 bits per heavy atom. The molecule has 1 rings (SSSR count). The van der Waals surface area contributed by atoms with Crippen LogP contribution in [0, 0.1) is 0 Å². The summed E-state index contributed by atoms with van der Waals surface area (Å²) in [5.74, 6) is -1.86. The fourth-order valence-electron chi connectivity index (χ4n) is 1.10. The first-order valence-electron chi connectivity index (χ1n) is 4.55. The average Bonchev–Trinajstić information content (AvgIpc) is 2.25. The molecule has 90 valence electrons. The molecule has 1 aromatic rings. The second kappa shape index (κ2) is 5.50. The lowest BCUT2D eigenvalue weighted by Crippen LogP contribution is -2.35. The van der Waals surface area contributed by atoms with Gasteiger partial charge in [0.15, 0.2) is 6.61 Å². The minimum atomic E-state index is -1.17. The number of ether oxygens (including phenoxy) is 1. The molecule has 0 aliphatic rings. The van der Waals surface area contributed by atoms with E-state index in [1.807, 2.05) is 5.32 Å². The number of para-hydroxylation sites is 1. The predicted molar refractivity (Wildman–Crippen MR) is 56.6 cm³/mol. The van der Waals surface area contributed by atoms with E-state index in [2.05, 4.69) is 0 Å². The highest BCUT2D eigenvalue weighted by Gasteiger charge is 2.14. The molecule has 0 radical (unpaired) electrons. The Labute approximate surface area is 96.2 Å². The van der Waals surface area contributed by atoms with Crippen LogP contribution < -0.4 is 15.8 Å². The minimum Gasteiger partial charge on any atom is -0.481 e. The van der Waals surface area contributed by atoms with Crippen molar-refractivity contribution in [1.29, 1.82) is 0 Å². The Hall–Kier alpha value is -2.57. The van der Waals surface area contributed by atoms with Crippen molar-refractivity contribution in [2.24, 2.45) is 5.73 Å². The van der Waals surface area contributed by atoms with Gasteiger partial charge >= 0.3 is 12.0 Å². The van der Waals surface area contributed by atoms with Crippen LogP contribution >= 0.6 is 0 Å². The zero-order valence-electron chi connectivity index (χ0n) is 8.67. The van der Waals surface area contributed by atoms with Crippen LogP contribution in [0.25, 0.3) is 0 Å². The molecule has 1 aromatic carbocycles. The van der Waals surface area contributed by atoms with Crippen LogP contribution in [0.3, 0.4) is 0 Å². The molecule has 0 heterocycles. The third-order valence-electron chi connectivity index (χ3n) is 1.72. The number of primary amides is 1. The van der Waals surface area contributed by atoms with E-state index in [0.29, 0.717) is 0 Å². The Morgan fingerprint density at radius 2 is 1.94 bits per heavy atom. The molecule has 0 aromatic heterocycles. The van der Waals surface area contributed by atoms with Gasteiger partial charge in [0.05, 0.1) is 5.56 Å². The molecule has 0 saturated heterocycles. The van der Waals surface area contributed by atoms with Crippen molar-refractivity contribution in [3.8, 4) is 5.75 Å². The van der Waals surface area contributed by atoms with E-state index in [1.165, 1.54) is 12.1 Å². The minimum absolute atomic E-state index is 0.0348. The molecule has 0 aliphatic carbocycles. The van der Waals surface area contributed by atoms with Gasteiger partial charge in [-0.25, -0.2) is 9.59 Å². The molecule has 17 heavy (non-hydrogen) atoms. The van der Waals surface area contributed by atoms with Gasteiger partial charge in [0.2, 0.25) is 0 Å². The summed E-state index contributed by atoms with van der Waals surface area (Å²) in [7, 11) is 0. The highest BCUT2D eigenvalue weighted by molar-refractivity contribution is 6.05. The number of carbonyl (C=O) groups is 3. The number of imide groups is 1. The average molecular weight is 238 g/mol. The lowest BCUT2D eigenvalue weighted by molar-refractivity contribution is -0.139. The van der Waals surface area contributed by atoms with Gasteiger partial charge in [-0.1, -0.05) is 12.1 Å². The Bertz CT molecular complexity index is 458. The topological polar surface area (TPSA) is 119 Å². The monoisotopic (exact) mass is 238 g/mol. The normalized spacial score (nSPS) is 9.41. The van der Waals surface area contributed by atoms with Gasteiger partial charge in [0.25, 0.3) is 5.91 Å². The second-order valence-corrected chi connectivity index (χ2v) is 3.00. The molecular formula is C10H10N2O5. The molecule has 0 fully saturated rings. The first kappa shape index (κ1) is 12.5. The number of urea groups is 1. The molecule has 0 saturated carbocycles. The number of nitrogens with two attached hydrogens (primary N) is 1. The van der Waals surface area contributed by atoms with Crippen LogP contribution in [-0.2, 0) is 4.79 Å². The zero-order valence-corrected chi connectivity index (χ0v) is 8.67. The number of carbonyl (C=O) groups excluding carboxylic acids is 2. The largest absolute Gasteiger partial charge is 0.481 e. The van der Waals surface area contributed by atoms with Crippen LogP contribution in [0.4, 0.5) is 4.79 Å². The van der Waals surface area contributed by atoms with E-state index in [-0.39, 0.29) is 11.3 Å². The van der Waals surface area contributed by atoms with E-state index in [4.69, 9.17) is 15.6 Å². The van der Waals surface area contributed by atoms with Gasteiger partial charge in [0.1, 0.15) is 5.75 Å². The van der Waals surface area contributed by atoms with Crippen molar-refractivity contribution >= 4 is 17.9 Å². The highest BCUT2D eigenvalue weighted by atomic mass is 16.5. The lowest BCUT2D eigenvalue weighted by Gasteiger charge is -2.08. The van der Waals surface area contributed by atoms with Gasteiger partial charge in [0, 0.05) is 0 Å². The van der Waals surface area contributed by atoms with Crippen molar-refractivity contribution in [1.82, 2.24) is 5.32 Å². The van der Waals surface area contributed by atoms with Crippen LogP contribution in [0.5, 0.6) is 5.75 Å². The fraction of sp³-hybridized carbons (Fsp3) is 0.100. The summed E-state index contributed by atoms with van der Waals surface area (Å²) in [6, 6.07) is 4.92. The summed E-state index contributed by atoms with van der Waals surface area (Å²) in [6.07, 6.45) is 0. The lowest BCUT2D eigenvalue weighted by atomic mass is 10.2. The SMILES string of the molecule is NC(=O)NC(=O)c1ccccc1OCC(=O)O. The van der Waals surface area contributed by atoms with E-state index in [9.17, 15) is 14.4 Å². The van der Waals surface area contributed by atoms with Crippen molar-refractivity contribution in [2.75, 3.05) is 6.61 Å². The summed E-state index contributed by atoms with van der Waals surface area (Å²) in [6.45, 7) is -0.582. The summed E-state index contributed by atoms with van der Waals surface area (Å²) in [4.78, 5) is 32.3. The molecule has 0 aliphatic heterocycles. The van der Waals surface area contributed by atoms with Crippen LogP contribution in [0.2, 0.25) is 0 Å². The van der Waals surface area contributed by atoms with E-state index >= 15 is 0 Å². The third kappa shape index (κ3) is 3.82. The van der Waals surface area contributed by atoms with Crippen LogP contribution in [0.1, 0.15) is 10.4 Å².